The summed E-state index contributed by atoms with van der Waals surface area (Å²) >= 11 is 6.12. The lowest BCUT2D eigenvalue weighted by atomic mass is 10.1. The average Bonchev–Trinajstić information content (AvgIpc) is 2.58. The highest BCUT2D eigenvalue weighted by molar-refractivity contribution is 6.31. The number of hydrogen-bond acceptors (Lipinski definition) is 5. The van der Waals surface area contributed by atoms with Crippen LogP contribution in [-0.4, -0.2) is 18.7 Å². The Balaban J connectivity index is 2.56. The van der Waals surface area contributed by atoms with Crippen LogP contribution >= 0.6 is 11.6 Å². The number of nitrogens with zero attached hydrogens (tertiary/aromatic N) is 3. The van der Waals surface area contributed by atoms with Gasteiger partial charge in [0, 0.05) is 29.3 Å². The van der Waals surface area contributed by atoms with Gasteiger partial charge in [-0.2, -0.15) is 5.26 Å². The van der Waals surface area contributed by atoms with Crippen LogP contribution in [0.2, 0.25) is 5.02 Å². The van der Waals surface area contributed by atoms with Gasteiger partial charge in [-0.15, -0.1) is 6.58 Å². The molecule has 26 heavy (non-hydrogen) atoms. The van der Waals surface area contributed by atoms with Crippen molar-refractivity contribution in [2.75, 3.05) is 18.5 Å². The van der Waals surface area contributed by atoms with Crippen LogP contribution < -0.4 is 9.71 Å². The number of quaternary nitrogens is 1. The van der Waals surface area contributed by atoms with Gasteiger partial charge in [0.2, 0.25) is 0 Å². The molecule has 0 fully saturated rings. The van der Waals surface area contributed by atoms with Gasteiger partial charge in [0.15, 0.2) is 6.23 Å². The fraction of sp³-hybridized carbons (Fsp3) is 0.167. The Morgan fingerprint density at radius 1 is 1.38 bits per heavy atom. The van der Waals surface area contributed by atoms with Crippen molar-refractivity contribution < 1.29 is 9.50 Å². The first-order valence-corrected chi connectivity index (χ1v) is 7.90. The normalized spacial score (nSPS) is 12.3. The summed E-state index contributed by atoms with van der Waals surface area (Å²) in [7, 11) is 0.897. The summed E-state index contributed by atoms with van der Waals surface area (Å²) in [6.45, 7) is 3.71. The van der Waals surface area contributed by atoms with E-state index in [0.717, 1.165) is 19.2 Å². The molecule has 0 amide bonds. The van der Waals surface area contributed by atoms with Gasteiger partial charge in [0.1, 0.15) is 17.6 Å². The molecule has 0 unspecified atom stereocenters. The van der Waals surface area contributed by atoms with Crippen LogP contribution in [0, 0.1) is 27.6 Å². The number of aliphatic hydroxyl groups is 1. The van der Waals surface area contributed by atoms with Gasteiger partial charge in [-0.05, 0) is 24.3 Å². The van der Waals surface area contributed by atoms with Crippen LogP contribution in [0.1, 0.15) is 17.4 Å². The second-order valence-electron chi connectivity index (χ2n) is 5.64. The summed E-state index contributed by atoms with van der Waals surface area (Å²) in [6.07, 6.45) is 0.0805. The summed E-state index contributed by atoms with van der Waals surface area (Å²) in [6, 6.07) is 9.23. The smallest absolute Gasteiger partial charge is 0.155 e. The van der Waals surface area contributed by atoms with Crippen molar-refractivity contribution >= 4 is 23.0 Å². The molecule has 2 aromatic carbocycles. The number of benzene rings is 2. The molecule has 8 heteroatoms. The minimum atomic E-state index is -1.95. The Morgan fingerprint density at radius 3 is 2.65 bits per heavy atom. The molecule has 2 rings (SSSR count). The lowest BCUT2D eigenvalue weighted by Gasteiger charge is -2.42. The maximum Gasteiger partial charge on any atom is 0.155 e. The largest absolute Gasteiger partial charge is 0.626 e. The molecular weight excluding hydrogens is 361 g/mol. The molecule has 0 spiro atoms. The molecule has 0 aromatic heterocycles. The lowest BCUT2D eigenvalue weighted by Crippen LogP contribution is -2.32. The molecule has 0 saturated carbocycles. The van der Waals surface area contributed by atoms with Crippen molar-refractivity contribution in [3.8, 4) is 6.07 Å². The summed E-state index contributed by atoms with van der Waals surface area (Å²) < 4.78 is 13.4. The van der Waals surface area contributed by atoms with Crippen LogP contribution in [0.5, 0.6) is 0 Å². The van der Waals surface area contributed by atoms with Crippen LogP contribution in [0.25, 0.3) is 0 Å². The maximum absolute atomic E-state index is 13.4. The SMILES string of the molecule is C=CCN(c1ccc(F)cc1C#N)[C@H](O)c1cc([N+](C)([O-])[O-])ccc1Cl. The molecule has 0 aliphatic rings. The van der Waals surface area contributed by atoms with E-state index in [-0.39, 0.29) is 34.1 Å². The van der Waals surface area contributed by atoms with E-state index in [1.165, 1.54) is 35.2 Å². The van der Waals surface area contributed by atoms with Gasteiger partial charge in [0.05, 0.1) is 18.3 Å². The molecule has 2 aromatic rings. The molecule has 0 heterocycles. The first-order valence-electron chi connectivity index (χ1n) is 7.53. The molecule has 0 bridgehead atoms. The standard InChI is InChI=1S/C18H16ClFN3O3/c1-3-8-22(17-7-4-13(20)9-12(17)11-21)18(24)15-10-14(23(2,25)26)5-6-16(15)19/h3-7,9-10,18,24H,1,8H2,2H3/q-1/t18-/m1/s1. The number of halogens is 2. The Hall–Kier alpha value is -2.47. The van der Waals surface area contributed by atoms with Gasteiger partial charge in [-0.25, -0.2) is 4.39 Å². The third-order valence-corrected chi connectivity index (χ3v) is 4.08. The van der Waals surface area contributed by atoms with Crippen molar-refractivity contribution in [2.45, 2.75) is 6.23 Å². The van der Waals surface area contributed by atoms with Crippen molar-refractivity contribution in [3.63, 3.8) is 0 Å². The van der Waals surface area contributed by atoms with Crippen LogP contribution in [0.4, 0.5) is 15.8 Å². The molecule has 0 radical (unpaired) electrons. The van der Waals surface area contributed by atoms with E-state index in [0.29, 0.717) is 0 Å². The molecule has 0 saturated heterocycles. The molecule has 6 nitrogen and oxygen atoms in total. The number of aliphatic hydroxyl groups excluding tert-OH is 1. The summed E-state index contributed by atoms with van der Waals surface area (Å²) in [5.74, 6) is -0.593. The van der Waals surface area contributed by atoms with Gasteiger partial charge in [0.25, 0.3) is 0 Å². The predicted octanol–water partition coefficient (Wildman–Crippen LogP) is 3.97. The second-order valence-corrected chi connectivity index (χ2v) is 6.05. The van der Waals surface area contributed by atoms with Gasteiger partial charge >= 0.3 is 0 Å². The fourth-order valence-electron chi connectivity index (χ4n) is 2.47. The van der Waals surface area contributed by atoms with E-state index in [2.05, 4.69) is 6.58 Å². The highest BCUT2D eigenvalue weighted by atomic mass is 35.5. The van der Waals surface area contributed by atoms with Crippen LogP contribution in [-0.2, 0) is 0 Å². The van der Waals surface area contributed by atoms with E-state index in [1.54, 1.807) is 0 Å². The molecular formula is C18H16ClFN3O3-. The summed E-state index contributed by atoms with van der Waals surface area (Å²) in [5, 5.41) is 43.5. The Bertz CT molecular complexity index is 862. The Morgan fingerprint density at radius 2 is 2.08 bits per heavy atom. The first-order chi connectivity index (χ1) is 12.2. The number of nitriles is 1. The van der Waals surface area contributed by atoms with Gasteiger partial charge in [-0.3, -0.25) is 0 Å². The molecule has 136 valence electrons. The van der Waals surface area contributed by atoms with Crippen molar-refractivity contribution in [2.24, 2.45) is 0 Å². The molecule has 1 atom stereocenters. The van der Waals surface area contributed by atoms with E-state index >= 15 is 0 Å². The zero-order valence-electron chi connectivity index (χ0n) is 13.9. The van der Waals surface area contributed by atoms with Gasteiger partial charge in [-0.1, -0.05) is 17.7 Å². The monoisotopic (exact) mass is 376 g/mol. The zero-order valence-corrected chi connectivity index (χ0v) is 14.7. The van der Waals surface area contributed by atoms with E-state index in [9.17, 15) is 25.2 Å². The first kappa shape index (κ1) is 19.8. The minimum Gasteiger partial charge on any atom is -0.626 e. The highest BCUT2D eigenvalue weighted by Crippen LogP contribution is 2.34. The lowest BCUT2D eigenvalue weighted by molar-refractivity contribution is 0.174. The number of hydrogen-bond donors (Lipinski definition) is 1. The molecule has 0 aliphatic heterocycles. The van der Waals surface area contributed by atoms with Crippen LogP contribution in [0.3, 0.4) is 0 Å². The Labute approximate surface area is 155 Å². The summed E-state index contributed by atoms with van der Waals surface area (Å²) in [4.78, 5) is -0.589. The van der Waals surface area contributed by atoms with Crippen molar-refractivity contribution in [1.82, 2.24) is 4.81 Å². The van der Waals surface area contributed by atoms with E-state index < -0.39 is 16.9 Å². The number of rotatable bonds is 6. The third kappa shape index (κ3) is 4.19. The third-order valence-electron chi connectivity index (χ3n) is 3.74. The van der Waals surface area contributed by atoms with Gasteiger partial charge < -0.3 is 25.2 Å². The van der Waals surface area contributed by atoms with Crippen molar-refractivity contribution in [3.05, 3.63) is 81.4 Å². The predicted molar refractivity (Wildman–Crippen MR) is 99.5 cm³/mol. The van der Waals surface area contributed by atoms with E-state index in [1.807, 2.05) is 6.07 Å². The second kappa shape index (κ2) is 7.83. The maximum atomic E-state index is 13.4. The zero-order chi connectivity index (χ0) is 19.5. The highest BCUT2D eigenvalue weighted by Gasteiger charge is 2.24. The summed E-state index contributed by atoms with van der Waals surface area (Å²) in [5.41, 5.74) is 0.215. The topological polar surface area (TPSA) is 93.4 Å². The van der Waals surface area contributed by atoms with Crippen LogP contribution in [0.15, 0.2) is 49.1 Å². The number of hydroxylamine groups is 2. The average molecular weight is 377 g/mol. The quantitative estimate of drug-likeness (QED) is 0.356. The number of anilines is 1. The minimum absolute atomic E-state index is 0.00597. The molecule has 0 aliphatic carbocycles. The molecule has 1 N–H and O–H groups in total. The fourth-order valence-corrected chi connectivity index (χ4v) is 2.68. The van der Waals surface area contributed by atoms with E-state index in [4.69, 9.17) is 11.6 Å². The van der Waals surface area contributed by atoms with Crippen molar-refractivity contribution in [1.29, 1.82) is 5.26 Å². The Kier molecular flexibility index (Phi) is 5.97.